The van der Waals surface area contributed by atoms with Crippen LogP contribution in [0.25, 0.3) is 0 Å². The summed E-state index contributed by atoms with van der Waals surface area (Å²) in [5.41, 5.74) is 0. The van der Waals surface area contributed by atoms with Gasteiger partial charge in [0.1, 0.15) is 11.0 Å². The van der Waals surface area contributed by atoms with Crippen molar-refractivity contribution >= 4 is 34.7 Å². The van der Waals surface area contributed by atoms with Gasteiger partial charge in [-0.2, -0.15) is 0 Å². The third kappa shape index (κ3) is 2.22. The van der Waals surface area contributed by atoms with E-state index in [1.54, 1.807) is 0 Å². The van der Waals surface area contributed by atoms with Crippen molar-refractivity contribution in [3.63, 3.8) is 0 Å². The summed E-state index contributed by atoms with van der Waals surface area (Å²) in [5, 5.41) is 18.1. The number of aromatic nitrogens is 4. The molecule has 16 heavy (non-hydrogen) atoms. The molecular weight excluding hydrogens is 268 g/mol. The van der Waals surface area contributed by atoms with Crippen molar-refractivity contribution in [2.24, 2.45) is 7.05 Å². The zero-order valence-electron chi connectivity index (χ0n) is 8.64. The van der Waals surface area contributed by atoms with Gasteiger partial charge in [0.15, 0.2) is 9.50 Å². The molecule has 0 aliphatic heterocycles. The van der Waals surface area contributed by atoms with Crippen LogP contribution in [-0.2, 0) is 13.7 Å². The van der Waals surface area contributed by atoms with Crippen molar-refractivity contribution in [3.05, 3.63) is 15.9 Å². The van der Waals surface area contributed by atoms with E-state index in [1.165, 1.54) is 23.1 Å². The summed E-state index contributed by atoms with van der Waals surface area (Å²) in [6, 6.07) is 0. The number of aliphatic hydroxyl groups excluding tert-OH is 1. The lowest BCUT2D eigenvalue weighted by atomic mass is 10.6. The van der Waals surface area contributed by atoms with Gasteiger partial charge in [0.2, 0.25) is 0 Å². The van der Waals surface area contributed by atoms with Crippen LogP contribution in [0.1, 0.15) is 10.7 Å². The number of halogens is 1. The SMILES string of the molecule is Cc1nnc(Sc2nc(Cl)c(CO)s2)n1C. The average molecular weight is 277 g/mol. The second-order valence-electron chi connectivity index (χ2n) is 3.04. The number of hydrogen-bond donors (Lipinski definition) is 1. The fourth-order valence-corrected chi connectivity index (χ4v) is 3.25. The molecule has 8 heteroatoms. The number of aryl methyl sites for hydroxylation is 1. The Kier molecular flexibility index (Phi) is 3.48. The molecule has 0 aromatic carbocycles. The molecule has 2 heterocycles. The predicted octanol–water partition coefficient (Wildman–Crippen LogP) is 1.88. The Hall–Kier alpha value is -0.630. The first-order valence-electron chi connectivity index (χ1n) is 4.41. The molecule has 0 aliphatic rings. The molecule has 0 atom stereocenters. The van der Waals surface area contributed by atoms with Crippen LogP contribution in [0.5, 0.6) is 0 Å². The van der Waals surface area contributed by atoms with E-state index in [0.717, 1.165) is 15.3 Å². The quantitative estimate of drug-likeness (QED) is 0.927. The standard InChI is InChI=1S/C8H9ClN4OS2/c1-4-11-12-7(13(4)2)16-8-10-6(9)5(3-14)15-8/h14H,3H2,1-2H3. The molecule has 2 aromatic heterocycles. The van der Waals surface area contributed by atoms with Gasteiger partial charge in [-0.1, -0.05) is 11.6 Å². The van der Waals surface area contributed by atoms with Crippen LogP contribution in [-0.4, -0.2) is 24.9 Å². The van der Waals surface area contributed by atoms with Crippen LogP contribution in [0.4, 0.5) is 0 Å². The number of aliphatic hydroxyl groups is 1. The predicted molar refractivity (Wildman–Crippen MR) is 62.9 cm³/mol. The van der Waals surface area contributed by atoms with Gasteiger partial charge in [-0.05, 0) is 18.7 Å². The number of nitrogens with zero attached hydrogens (tertiary/aromatic N) is 4. The van der Waals surface area contributed by atoms with E-state index in [9.17, 15) is 0 Å². The van der Waals surface area contributed by atoms with Crippen LogP contribution in [0.2, 0.25) is 5.15 Å². The zero-order valence-corrected chi connectivity index (χ0v) is 11.0. The highest BCUT2D eigenvalue weighted by Crippen LogP contribution is 2.33. The maximum atomic E-state index is 9.00. The monoisotopic (exact) mass is 276 g/mol. The third-order valence-corrected chi connectivity index (χ3v) is 4.57. The molecule has 86 valence electrons. The first-order valence-corrected chi connectivity index (χ1v) is 6.43. The molecule has 0 bridgehead atoms. The van der Waals surface area contributed by atoms with Gasteiger partial charge >= 0.3 is 0 Å². The molecule has 0 unspecified atom stereocenters. The van der Waals surface area contributed by atoms with Gasteiger partial charge in [0.25, 0.3) is 0 Å². The molecular formula is C8H9ClN4OS2. The van der Waals surface area contributed by atoms with Crippen LogP contribution < -0.4 is 0 Å². The minimum Gasteiger partial charge on any atom is -0.391 e. The van der Waals surface area contributed by atoms with Crippen LogP contribution in [0.15, 0.2) is 9.50 Å². The van der Waals surface area contributed by atoms with Crippen LogP contribution in [0, 0.1) is 6.92 Å². The highest BCUT2D eigenvalue weighted by atomic mass is 35.5. The average Bonchev–Trinajstić information content (AvgIpc) is 2.76. The van der Waals surface area contributed by atoms with E-state index in [1.807, 2.05) is 18.5 Å². The maximum absolute atomic E-state index is 9.00. The largest absolute Gasteiger partial charge is 0.391 e. The van der Waals surface area contributed by atoms with Gasteiger partial charge in [-0.25, -0.2) is 4.98 Å². The second kappa shape index (κ2) is 4.70. The molecule has 0 spiro atoms. The number of thiazole rings is 1. The summed E-state index contributed by atoms with van der Waals surface area (Å²) < 4.78 is 2.63. The fraction of sp³-hybridized carbons (Fsp3) is 0.375. The lowest BCUT2D eigenvalue weighted by molar-refractivity contribution is 0.285. The van der Waals surface area contributed by atoms with Gasteiger partial charge in [0, 0.05) is 7.05 Å². The lowest BCUT2D eigenvalue weighted by Gasteiger charge is -1.96. The van der Waals surface area contributed by atoms with Gasteiger partial charge < -0.3 is 9.67 Å². The topological polar surface area (TPSA) is 63.8 Å². The van der Waals surface area contributed by atoms with E-state index < -0.39 is 0 Å². The Balaban J connectivity index is 2.23. The van der Waals surface area contributed by atoms with Crippen molar-refractivity contribution in [1.82, 2.24) is 19.7 Å². The summed E-state index contributed by atoms with van der Waals surface area (Å²) in [5.74, 6) is 0.840. The second-order valence-corrected chi connectivity index (χ2v) is 5.70. The molecule has 0 fully saturated rings. The highest BCUT2D eigenvalue weighted by Gasteiger charge is 2.13. The van der Waals surface area contributed by atoms with E-state index >= 15 is 0 Å². The van der Waals surface area contributed by atoms with Gasteiger partial charge in [-0.15, -0.1) is 21.5 Å². The Bertz CT molecular complexity index is 510. The normalized spacial score (nSPS) is 11.0. The summed E-state index contributed by atoms with van der Waals surface area (Å²) >= 11 is 8.59. The molecule has 0 amide bonds. The highest BCUT2D eigenvalue weighted by molar-refractivity contribution is 8.00. The Labute approximate surface area is 105 Å². The van der Waals surface area contributed by atoms with Crippen molar-refractivity contribution in [3.8, 4) is 0 Å². The van der Waals surface area contributed by atoms with Gasteiger partial charge in [0.05, 0.1) is 11.5 Å². The minimum absolute atomic E-state index is 0.0884. The Morgan fingerprint density at radius 3 is 2.75 bits per heavy atom. The molecule has 0 saturated carbocycles. The smallest absolute Gasteiger partial charge is 0.198 e. The van der Waals surface area contributed by atoms with Crippen molar-refractivity contribution < 1.29 is 5.11 Å². The van der Waals surface area contributed by atoms with Crippen molar-refractivity contribution in [2.75, 3.05) is 0 Å². The van der Waals surface area contributed by atoms with Crippen LogP contribution in [0.3, 0.4) is 0 Å². The number of rotatable bonds is 3. The Morgan fingerprint density at radius 2 is 2.25 bits per heavy atom. The fourth-order valence-electron chi connectivity index (χ4n) is 1.01. The summed E-state index contributed by atoms with van der Waals surface area (Å²) in [4.78, 5) is 4.80. The molecule has 0 saturated heterocycles. The maximum Gasteiger partial charge on any atom is 0.198 e. The van der Waals surface area contributed by atoms with Gasteiger partial charge in [-0.3, -0.25) is 0 Å². The van der Waals surface area contributed by atoms with E-state index in [4.69, 9.17) is 16.7 Å². The molecule has 5 nitrogen and oxygen atoms in total. The van der Waals surface area contributed by atoms with E-state index in [2.05, 4.69) is 15.2 Å². The van der Waals surface area contributed by atoms with E-state index in [0.29, 0.717) is 10.0 Å². The molecule has 2 aromatic rings. The van der Waals surface area contributed by atoms with Crippen molar-refractivity contribution in [1.29, 1.82) is 0 Å². The van der Waals surface area contributed by atoms with Crippen molar-refractivity contribution in [2.45, 2.75) is 23.0 Å². The molecule has 1 N–H and O–H groups in total. The molecule has 2 rings (SSSR count). The number of hydrogen-bond acceptors (Lipinski definition) is 6. The third-order valence-electron chi connectivity index (χ3n) is 2.00. The lowest BCUT2D eigenvalue weighted by Crippen LogP contribution is -1.92. The Morgan fingerprint density at radius 1 is 1.50 bits per heavy atom. The molecule has 0 aliphatic carbocycles. The van der Waals surface area contributed by atoms with Crippen LogP contribution >= 0.6 is 34.7 Å². The summed E-state index contributed by atoms with van der Waals surface area (Å²) in [6.07, 6.45) is 0. The van der Waals surface area contributed by atoms with E-state index in [-0.39, 0.29) is 6.61 Å². The summed E-state index contributed by atoms with van der Waals surface area (Å²) in [7, 11) is 1.89. The summed E-state index contributed by atoms with van der Waals surface area (Å²) in [6.45, 7) is 1.79. The first-order chi connectivity index (χ1) is 7.61. The molecule has 0 radical (unpaired) electrons. The minimum atomic E-state index is -0.0884. The first kappa shape index (κ1) is 11.8. The zero-order chi connectivity index (χ0) is 11.7.